The van der Waals surface area contributed by atoms with Crippen LogP contribution in [0.15, 0.2) is 59.8 Å². The zero-order chi connectivity index (χ0) is 24.0. The molecule has 3 rings (SSSR count). The normalized spacial score (nSPS) is 15.7. The van der Waals surface area contributed by atoms with Crippen LogP contribution in [0.25, 0.3) is 0 Å². The second kappa shape index (κ2) is 10.6. The van der Waals surface area contributed by atoms with Crippen molar-refractivity contribution in [3.63, 3.8) is 0 Å². The molecule has 1 aliphatic rings. The molecule has 1 aliphatic heterocycles. The van der Waals surface area contributed by atoms with Crippen LogP contribution in [0, 0.1) is 5.82 Å². The predicted octanol–water partition coefficient (Wildman–Crippen LogP) is 4.78. The lowest BCUT2D eigenvalue weighted by atomic mass is 9.94. The third-order valence-electron chi connectivity index (χ3n) is 5.12. The number of esters is 1. The Bertz CT molecular complexity index is 1070. The number of rotatable bonds is 7. The number of carbonyl (C=O) groups excluding carboxylic acids is 3. The van der Waals surface area contributed by atoms with E-state index in [1.54, 1.807) is 44.2 Å². The first-order chi connectivity index (χ1) is 15.8. The van der Waals surface area contributed by atoms with Crippen LogP contribution in [0.2, 0.25) is 0 Å². The van der Waals surface area contributed by atoms with Crippen LogP contribution in [0.1, 0.15) is 38.8 Å². The maximum atomic E-state index is 13.3. The van der Waals surface area contributed by atoms with Gasteiger partial charge in [0.1, 0.15) is 5.82 Å². The molecule has 174 valence electrons. The molecule has 9 heteroatoms. The van der Waals surface area contributed by atoms with E-state index in [-0.39, 0.29) is 12.6 Å². The van der Waals surface area contributed by atoms with Crippen LogP contribution in [-0.2, 0) is 9.53 Å². The maximum Gasteiger partial charge on any atom is 0.338 e. The average Bonchev–Trinajstić information content (AvgIpc) is 2.77. The quantitative estimate of drug-likeness (QED) is 0.524. The standard InChI is InChI=1S/C24H27FN4O4/c1-4-13-29-15(3)20(22(30)33-5-2)21(28-24(29)32)16-9-11-18(12-10-16)26-23(31)27-19-8-6-7-17(25)14-19/h6-12,14,21H,4-5,13H2,1-3H3,(H,28,32)(H2,26,27,31)/t21-/m0/s1. The first-order valence-electron chi connectivity index (χ1n) is 10.7. The van der Waals surface area contributed by atoms with Gasteiger partial charge in [0, 0.05) is 23.6 Å². The molecule has 1 atom stereocenters. The number of ether oxygens (including phenoxy) is 1. The van der Waals surface area contributed by atoms with Gasteiger partial charge in [0.2, 0.25) is 0 Å². The lowest BCUT2D eigenvalue weighted by Gasteiger charge is -2.35. The molecule has 0 aromatic heterocycles. The molecule has 0 aliphatic carbocycles. The molecular weight excluding hydrogens is 427 g/mol. The molecule has 2 aromatic rings. The number of halogens is 1. The van der Waals surface area contributed by atoms with Crippen LogP contribution in [0.3, 0.4) is 0 Å². The Morgan fingerprint density at radius 3 is 2.42 bits per heavy atom. The summed E-state index contributed by atoms with van der Waals surface area (Å²) in [6.07, 6.45) is 0.740. The second-order valence-electron chi connectivity index (χ2n) is 7.47. The summed E-state index contributed by atoms with van der Waals surface area (Å²) in [6.45, 7) is 6.11. The van der Waals surface area contributed by atoms with E-state index in [2.05, 4.69) is 16.0 Å². The van der Waals surface area contributed by atoms with Crippen molar-refractivity contribution in [2.75, 3.05) is 23.8 Å². The third kappa shape index (κ3) is 5.68. The summed E-state index contributed by atoms with van der Waals surface area (Å²) in [4.78, 5) is 39.1. The number of hydrogen-bond donors (Lipinski definition) is 3. The number of benzene rings is 2. The Kier molecular flexibility index (Phi) is 7.66. The van der Waals surface area contributed by atoms with Gasteiger partial charge in [-0.3, -0.25) is 4.90 Å². The number of nitrogens with one attached hydrogen (secondary N) is 3. The number of carbonyl (C=O) groups is 3. The minimum atomic E-state index is -0.681. The smallest absolute Gasteiger partial charge is 0.338 e. The number of allylic oxidation sites excluding steroid dienone is 1. The Morgan fingerprint density at radius 2 is 1.79 bits per heavy atom. The summed E-state index contributed by atoms with van der Waals surface area (Å²) in [6, 6.07) is 10.8. The Balaban J connectivity index is 1.79. The Labute approximate surface area is 191 Å². The van der Waals surface area contributed by atoms with E-state index in [1.807, 2.05) is 6.92 Å². The van der Waals surface area contributed by atoms with Gasteiger partial charge in [0.05, 0.1) is 18.2 Å². The van der Waals surface area contributed by atoms with Gasteiger partial charge < -0.3 is 20.7 Å². The summed E-state index contributed by atoms with van der Waals surface area (Å²) in [5, 5.41) is 8.10. The fourth-order valence-corrected chi connectivity index (χ4v) is 3.62. The van der Waals surface area contributed by atoms with Crippen molar-refractivity contribution in [3.8, 4) is 0 Å². The van der Waals surface area contributed by atoms with E-state index in [4.69, 9.17) is 4.74 Å². The summed E-state index contributed by atoms with van der Waals surface area (Å²) in [7, 11) is 0. The molecule has 2 aromatic carbocycles. The van der Waals surface area contributed by atoms with E-state index in [1.165, 1.54) is 23.1 Å². The van der Waals surface area contributed by atoms with Gasteiger partial charge in [-0.2, -0.15) is 0 Å². The number of amides is 4. The molecule has 1 heterocycles. The van der Waals surface area contributed by atoms with Crippen LogP contribution in [0.5, 0.6) is 0 Å². The van der Waals surface area contributed by atoms with Crippen LogP contribution in [-0.4, -0.2) is 36.1 Å². The van der Waals surface area contributed by atoms with Crippen molar-refractivity contribution in [1.82, 2.24) is 10.2 Å². The van der Waals surface area contributed by atoms with Gasteiger partial charge in [0.15, 0.2) is 0 Å². The first kappa shape index (κ1) is 23.8. The molecule has 0 radical (unpaired) electrons. The molecule has 8 nitrogen and oxygen atoms in total. The molecule has 0 bridgehead atoms. The Hall–Kier alpha value is -3.88. The lowest BCUT2D eigenvalue weighted by Crippen LogP contribution is -2.48. The van der Waals surface area contributed by atoms with Gasteiger partial charge in [-0.15, -0.1) is 0 Å². The fourth-order valence-electron chi connectivity index (χ4n) is 3.62. The molecule has 4 amide bonds. The molecule has 0 saturated heterocycles. The number of hydrogen-bond acceptors (Lipinski definition) is 4. The van der Waals surface area contributed by atoms with Crippen molar-refractivity contribution in [1.29, 1.82) is 0 Å². The van der Waals surface area contributed by atoms with E-state index in [0.717, 1.165) is 6.42 Å². The number of urea groups is 2. The van der Waals surface area contributed by atoms with E-state index >= 15 is 0 Å². The van der Waals surface area contributed by atoms with Gasteiger partial charge in [-0.1, -0.05) is 25.1 Å². The molecule has 33 heavy (non-hydrogen) atoms. The average molecular weight is 455 g/mol. The van der Waals surface area contributed by atoms with E-state index in [9.17, 15) is 18.8 Å². The van der Waals surface area contributed by atoms with Crippen LogP contribution < -0.4 is 16.0 Å². The fraction of sp³-hybridized carbons (Fsp3) is 0.292. The van der Waals surface area contributed by atoms with Gasteiger partial charge in [-0.05, 0) is 56.2 Å². The zero-order valence-electron chi connectivity index (χ0n) is 18.8. The van der Waals surface area contributed by atoms with Gasteiger partial charge >= 0.3 is 18.0 Å². The first-order valence-corrected chi connectivity index (χ1v) is 10.7. The predicted molar refractivity (Wildman–Crippen MR) is 123 cm³/mol. The highest BCUT2D eigenvalue weighted by Crippen LogP contribution is 2.32. The van der Waals surface area contributed by atoms with Crippen molar-refractivity contribution in [2.24, 2.45) is 0 Å². The number of nitrogens with zero attached hydrogens (tertiary/aromatic N) is 1. The van der Waals surface area contributed by atoms with E-state index < -0.39 is 23.9 Å². The minimum absolute atomic E-state index is 0.216. The maximum absolute atomic E-state index is 13.3. The summed E-state index contributed by atoms with van der Waals surface area (Å²) < 4.78 is 18.5. The van der Waals surface area contributed by atoms with Crippen LogP contribution in [0.4, 0.5) is 25.4 Å². The monoisotopic (exact) mass is 454 g/mol. The van der Waals surface area contributed by atoms with Crippen molar-refractivity contribution in [2.45, 2.75) is 33.2 Å². The molecule has 0 unspecified atom stereocenters. The summed E-state index contributed by atoms with van der Waals surface area (Å²) >= 11 is 0. The van der Waals surface area contributed by atoms with Crippen LogP contribution >= 0.6 is 0 Å². The molecule has 0 fully saturated rings. The Morgan fingerprint density at radius 1 is 1.09 bits per heavy atom. The van der Waals surface area contributed by atoms with Crippen molar-refractivity contribution in [3.05, 3.63) is 71.2 Å². The minimum Gasteiger partial charge on any atom is -0.463 e. The lowest BCUT2D eigenvalue weighted by molar-refractivity contribution is -0.139. The highest BCUT2D eigenvalue weighted by Gasteiger charge is 2.36. The molecule has 0 saturated carbocycles. The third-order valence-corrected chi connectivity index (χ3v) is 5.12. The highest BCUT2D eigenvalue weighted by molar-refractivity contribution is 6.00. The summed E-state index contributed by atoms with van der Waals surface area (Å²) in [5.41, 5.74) is 2.40. The molecule has 0 spiro atoms. The largest absolute Gasteiger partial charge is 0.463 e. The second-order valence-corrected chi connectivity index (χ2v) is 7.47. The van der Waals surface area contributed by atoms with Gasteiger partial charge in [-0.25, -0.2) is 18.8 Å². The van der Waals surface area contributed by atoms with Crippen molar-refractivity contribution < 1.29 is 23.5 Å². The van der Waals surface area contributed by atoms with Gasteiger partial charge in [0.25, 0.3) is 0 Å². The highest BCUT2D eigenvalue weighted by atomic mass is 19.1. The van der Waals surface area contributed by atoms with E-state index in [0.29, 0.717) is 34.8 Å². The molecule has 3 N–H and O–H groups in total. The molecular formula is C24H27FN4O4. The zero-order valence-corrected chi connectivity index (χ0v) is 18.8. The number of anilines is 2. The SMILES string of the molecule is CCCN1C(=O)N[C@@H](c2ccc(NC(=O)Nc3cccc(F)c3)cc2)C(C(=O)OCC)=C1C. The summed E-state index contributed by atoms with van der Waals surface area (Å²) in [5.74, 6) is -0.942. The van der Waals surface area contributed by atoms with Crippen molar-refractivity contribution >= 4 is 29.4 Å². The topological polar surface area (TPSA) is 99.8 Å².